The molecule has 0 saturated carbocycles. The van der Waals surface area contributed by atoms with Gasteiger partial charge < -0.3 is 9.84 Å². The first-order valence-electron chi connectivity index (χ1n) is 6.39. The molecule has 0 amide bonds. The van der Waals surface area contributed by atoms with Gasteiger partial charge in [0.2, 0.25) is 0 Å². The average Bonchev–Trinajstić information content (AvgIpc) is 2.82. The van der Waals surface area contributed by atoms with Gasteiger partial charge in [0.05, 0.1) is 6.10 Å². The average molecular weight is 235 g/mol. The highest BCUT2D eigenvalue weighted by Gasteiger charge is 2.10. The number of aliphatic hydroxyl groups excluding tert-OH is 1. The fraction of sp³-hybridized carbons (Fsp3) is 0.571. The first-order chi connectivity index (χ1) is 8.25. The molecule has 0 unspecified atom stereocenters. The molecule has 1 atom stereocenters. The van der Waals surface area contributed by atoms with Gasteiger partial charge in [-0.25, -0.2) is 0 Å². The summed E-state index contributed by atoms with van der Waals surface area (Å²) in [5.41, 5.74) is 0.906. The Labute approximate surface area is 103 Å². The van der Waals surface area contributed by atoms with Gasteiger partial charge in [-0.3, -0.25) is 4.90 Å². The molecule has 0 radical (unpaired) electrons. The van der Waals surface area contributed by atoms with Crippen molar-refractivity contribution < 1.29 is 9.84 Å². The molecule has 0 bridgehead atoms. The van der Waals surface area contributed by atoms with Crippen molar-refractivity contribution in [3.05, 3.63) is 29.8 Å². The molecule has 94 valence electrons. The number of ether oxygens (including phenoxy) is 1. The van der Waals surface area contributed by atoms with Gasteiger partial charge in [0, 0.05) is 6.54 Å². The van der Waals surface area contributed by atoms with E-state index in [1.807, 2.05) is 24.3 Å². The van der Waals surface area contributed by atoms with Crippen molar-refractivity contribution in [1.29, 1.82) is 0 Å². The number of likely N-dealkylation sites (tertiary alicyclic amines) is 1. The SMILES string of the molecule is C[C@@H](O)c1cccc(OCCN2CCCC2)c1. The molecule has 3 heteroatoms. The molecule has 1 aromatic rings. The zero-order valence-electron chi connectivity index (χ0n) is 10.4. The van der Waals surface area contributed by atoms with Crippen molar-refractivity contribution in [1.82, 2.24) is 4.90 Å². The van der Waals surface area contributed by atoms with Crippen LogP contribution in [0.25, 0.3) is 0 Å². The van der Waals surface area contributed by atoms with Crippen LogP contribution in [0.4, 0.5) is 0 Å². The lowest BCUT2D eigenvalue weighted by molar-refractivity contribution is 0.198. The topological polar surface area (TPSA) is 32.7 Å². The summed E-state index contributed by atoms with van der Waals surface area (Å²) in [6.07, 6.45) is 2.20. The molecular weight excluding hydrogens is 214 g/mol. The number of hydrogen-bond donors (Lipinski definition) is 1. The van der Waals surface area contributed by atoms with Gasteiger partial charge >= 0.3 is 0 Å². The molecule has 1 aromatic carbocycles. The Morgan fingerprint density at radius 3 is 2.82 bits per heavy atom. The van der Waals surface area contributed by atoms with Crippen LogP contribution < -0.4 is 4.74 Å². The molecule has 1 saturated heterocycles. The second-order valence-corrected chi connectivity index (χ2v) is 4.65. The Kier molecular flexibility index (Phi) is 4.40. The summed E-state index contributed by atoms with van der Waals surface area (Å²) in [6.45, 7) is 5.90. The van der Waals surface area contributed by atoms with Gasteiger partial charge in [0.15, 0.2) is 0 Å². The second-order valence-electron chi connectivity index (χ2n) is 4.65. The van der Waals surface area contributed by atoms with E-state index in [-0.39, 0.29) is 0 Å². The first kappa shape index (κ1) is 12.4. The van der Waals surface area contributed by atoms with Crippen LogP contribution in [0, 0.1) is 0 Å². The molecule has 3 nitrogen and oxygen atoms in total. The molecule has 1 N–H and O–H groups in total. The molecule has 1 aliphatic rings. The van der Waals surface area contributed by atoms with Gasteiger partial charge in [0.25, 0.3) is 0 Å². The normalized spacial score (nSPS) is 18.2. The summed E-state index contributed by atoms with van der Waals surface area (Å²) in [5, 5.41) is 9.48. The lowest BCUT2D eigenvalue weighted by Gasteiger charge is -2.15. The quantitative estimate of drug-likeness (QED) is 0.849. The van der Waals surface area contributed by atoms with Crippen LogP contribution in [0.2, 0.25) is 0 Å². The van der Waals surface area contributed by atoms with Crippen molar-refractivity contribution in [2.45, 2.75) is 25.9 Å². The Morgan fingerprint density at radius 1 is 1.35 bits per heavy atom. The lowest BCUT2D eigenvalue weighted by atomic mass is 10.1. The number of aliphatic hydroxyl groups is 1. The van der Waals surface area contributed by atoms with E-state index in [2.05, 4.69) is 4.90 Å². The van der Waals surface area contributed by atoms with Crippen LogP contribution in [-0.2, 0) is 0 Å². The maximum absolute atomic E-state index is 9.48. The minimum absolute atomic E-state index is 0.433. The number of benzene rings is 1. The Bertz CT molecular complexity index is 346. The Hall–Kier alpha value is -1.06. The summed E-state index contributed by atoms with van der Waals surface area (Å²) < 4.78 is 5.71. The molecule has 0 aliphatic carbocycles. The van der Waals surface area contributed by atoms with Crippen molar-refractivity contribution >= 4 is 0 Å². The standard InChI is InChI=1S/C14H21NO2/c1-12(16)13-5-4-6-14(11-13)17-10-9-15-7-2-3-8-15/h4-6,11-12,16H,2-3,7-10H2,1H3/t12-/m1/s1. The van der Waals surface area contributed by atoms with E-state index in [1.165, 1.54) is 25.9 Å². The third kappa shape index (κ3) is 3.72. The predicted octanol–water partition coefficient (Wildman–Crippen LogP) is 2.21. The van der Waals surface area contributed by atoms with Crippen LogP contribution in [0.15, 0.2) is 24.3 Å². The zero-order chi connectivity index (χ0) is 12.1. The van der Waals surface area contributed by atoms with Crippen molar-refractivity contribution in [2.75, 3.05) is 26.2 Å². The van der Waals surface area contributed by atoms with Gasteiger partial charge in [-0.05, 0) is 50.6 Å². The van der Waals surface area contributed by atoms with Crippen LogP contribution in [-0.4, -0.2) is 36.2 Å². The summed E-state index contributed by atoms with van der Waals surface area (Å²) >= 11 is 0. The Morgan fingerprint density at radius 2 is 2.12 bits per heavy atom. The van der Waals surface area contributed by atoms with Crippen LogP contribution in [0.3, 0.4) is 0 Å². The number of hydrogen-bond acceptors (Lipinski definition) is 3. The van der Waals surface area contributed by atoms with Crippen LogP contribution >= 0.6 is 0 Å². The van der Waals surface area contributed by atoms with Gasteiger partial charge in [-0.15, -0.1) is 0 Å². The largest absolute Gasteiger partial charge is 0.492 e. The first-order valence-corrected chi connectivity index (χ1v) is 6.39. The lowest BCUT2D eigenvalue weighted by Crippen LogP contribution is -2.25. The monoisotopic (exact) mass is 235 g/mol. The molecule has 1 aliphatic heterocycles. The minimum atomic E-state index is -0.433. The second kappa shape index (κ2) is 6.03. The van der Waals surface area contributed by atoms with E-state index in [0.717, 1.165) is 24.5 Å². The van der Waals surface area contributed by atoms with Crippen LogP contribution in [0.5, 0.6) is 5.75 Å². The van der Waals surface area contributed by atoms with Crippen molar-refractivity contribution in [3.63, 3.8) is 0 Å². The van der Waals surface area contributed by atoms with Gasteiger partial charge in [0.1, 0.15) is 12.4 Å². The number of rotatable bonds is 5. The minimum Gasteiger partial charge on any atom is -0.492 e. The van der Waals surface area contributed by atoms with Gasteiger partial charge in [-0.2, -0.15) is 0 Å². The van der Waals surface area contributed by atoms with E-state index < -0.39 is 6.10 Å². The van der Waals surface area contributed by atoms with E-state index in [1.54, 1.807) is 6.92 Å². The molecule has 0 aromatic heterocycles. The highest BCUT2D eigenvalue weighted by molar-refractivity contribution is 5.29. The molecule has 17 heavy (non-hydrogen) atoms. The van der Waals surface area contributed by atoms with E-state index in [4.69, 9.17) is 4.74 Å². The molecule has 2 rings (SSSR count). The Balaban J connectivity index is 1.79. The highest BCUT2D eigenvalue weighted by Crippen LogP contribution is 2.18. The molecular formula is C14H21NO2. The van der Waals surface area contributed by atoms with Gasteiger partial charge in [-0.1, -0.05) is 12.1 Å². The summed E-state index contributed by atoms with van der Waals surface area (Å²) in [5.74, 6) is 0.850. The van der Waals surface area contributed by atoms with E-state index in [9.17, 15) is 5.11 Å². The predicted molar refractivity (Wildman–Crippen MR) is 68.2 cm³/mol. The summed E-state index contributed by atoms with van der Waals surface area (Å²) in [7, 11) is 0. The molecule has 0 spiro atoms. The van der Waals surface area contributed by atoms with E-state index >= 15 is 0 Å². The molecule has 1 fully saturated rings. The van der Waals surface area contributed by atoms with Crippen LogP contribution in [0.1, 0.15) is 31.4 Å². The third-order valence-electron chi connectivity index (χ3n) is 3.22. The fourth-order valence-corrected chi connectivity index (χ4v) is 2.16. The van der Waals surface area contributed by atoms with E-state index in [0.29, 0.717) is 0 Å². The molecule has 1 heterocycles. The third-order valence-corrected chi connectivity index (χ3v) is 3.22. The maximum Gasteiger partial charge on any atom is 0.119 e. The van der Waals surface area contributed by atoms with Crippen molar-refractivity contribution in [3.8, 4) is 5.75 Å². The summed E-state index contributed by atoms with van der Waals surface area (Å²) in [4.78, 5) is 2.43. The summed E-state index contributed by atoms with van der Waals surface area (Å²) in [6, 6.07) is 7.69. The van der Waals surface area contributed by atoms with Crippen molar-refractivity contribution in [2.24, 2.45) is 0 Å². The maximum atomic E-state index is 9.48. The zero-order valence-corrected chi connectivity index (χ0v) is 10.4. The smallest absolute Gasteiger partial charge is 0.119 e. The highest BCUT2D eigenvalue weighted by atomic mass is 16.5. The fourth-order valence-electron chi connectivity index (χ4n) is 2.16. The number of nitrogens with zero attached hydrogens (tertiary/aromatic N) is 1.